The highest BCUT2D eigenvalue weighted by Gasteiger charge is 2.33. The van der Waals surface area contributed by atoms with Gasteiger partial charge in [0.05, 0.1) is 12.2 Å². The van der Waals surface area contributed by atoms with Gasteiger partial charge in [-0.25, -0.2) is 9.59 Å². The highest BCUT2D eigenvalue weighted by Crippen LogP contribution is 2.33. The fraction of sp³-hybridized carbons (Fsp3) is 0.500. The number of aliphatic carboxylic acids is 2. The monoisotopic (exact) mass is 434 g/mol. The molecule has 0 saturated carbocycles. The van der Waals surface area contributed by atoms with E-state index in [1.54, 1.807) is 19.2 Å². The molecule has 0 aromatic heterocycles. The molecule has 0 bridgehead atoms. The molecular weight excluding hydrogens is 405 g/mol. The van der Waals surface area contributed by atoms with Gasteiger partial charge in [0, 0.05) is 25.8 Å². The molecule has 1 aliphatic rings. The quantitative estimate of drug-likeness (QED) is 0.508. The lowest BCUT2D eigenvalue weighted by molar-refractivity contribution is -0.138. The van der Waals surface area contributed by atoms with Crippen molar-refractivity contribution in [3.05, 3.63) is 47.5 Å². The maximum atomic E-state index is 12.8. The molecule has 0 aliphatic carbocycles. The Labute approximate surface area is 173 Å². The van der Waals surface area contributed by atoms with Gasteiger partial charge in [-0.1, -0.05) is 18.2 Å². The van der Waals surface area contributed by atoms with Crippen LogP contribution in [0.25, 0.3) is 0 Å². The second-order valence-corrected chi connectivity index (χ2v) is 6.34. The van der Waals surface area contributed by atoms with Crippen LogP contribution in [0.2, 0.25) is 0 Å². The summed E-state index contributed by atoms with van der Waals surface area (Å²) in [6.45, 7) is 3.12. The van der Waals surface area contributed by atoms with Crippen molar-refractivity contribution < 1.29 is 37.7 Å². The Morgan fingerprint density at radius 2 is 1.70 bits per heavy atom. The molecular formula is C20H29F3N2O5. The molecule has 0 radical (unpaired) electrons. The number of ether oxygens (including phenoxy) is 1. The van der Waals surface area contributed by atoms with E-state index in [9.17, 15) is 22.8 Å². The number of piperidine rings is 1. The largest absolute Gasteiger partial charge is 0.478 e. The molecule has 10 heteroatoms. The van der Waals surface area contributed by atoms with E-state index in [1.165, 1.54) is 12.1 Å². The second-order valence-electron chi connectivity index (χ2n) is 6.34. The third-order valence-corrected chi connectivity index (χ3v) is 3.98. The predicted molar refractivity (Wildman–Crippen MR) is 106 cm³/mol. The van der Waals surface area contributed by atoms with Gasteiger partial charge in [-0.2, -0.15) is 13.2 Å². The van der Waals surface area contributed by atoms with Gasteiger partial charge in [0.2, 0.25) is 0 Å². The van der Waals surface area contributed by atoms with Gasteiger partial charge in [-0.05, 0) is 49.9 Å². The number of benzene rings is 1. The van der Waals surface area contributed by atoms with Crippen molar-refractivity contribution in [1.29, 1.82) is 0 Å². The summed E-state index contributed by atoms with van der Waals surface area (Å²) in [6.07, 6.45) is -0.649. The molecule has 1 heterocycles. The van der Waals surface area contributed by atoms with Crippen LogP contribution in [0.3, 0.4) is 0 Å². The van der Waals surface area contributed by atoms with E-state index < -0.39 is 23.7 Å². The van der Waals surface area contributed by atoms with E-state index in [1.807, 2.05) is 0 Å². The van der Waals surface area contributed by atoms with Gasteiger partial charge in [0.1, 0.15) is 0 Å². The molecule has 1 fully saturated rings. The van der Waals surface area contributed by atoms with Gasteiger partial charge in [0.25, 0.3) is 0 Å². The Hall–Kier alpha value is -2.43. The zero-order valence-corrected chi connectivity index (χ0v) is 16.8. The number of carboxylic acid groups (broad SMARTS) is 2. The van der Waals surface area contributed by atoms with Gasteiger partial charge < -0.3 is 26.0 Å². The van der Waals surface area contributed by atoms with Gasteiger partial charge in [-0.15, -0.1) is 0 Å². The number of carbonyl (C=O) groups is 2. The van der Waals surface area contributed by atoms with Gasteiger partial charge in [-0.3, -0.25) is 0 Å². The van der Waals surface area contributed by atoms with Crippen molar-refractivity contribution in [1.82, 2.24) is 5.32 Å². The molecule has 0 spiro atoms. The molecule has 1 aromatic carbocycles. The maximum absolute atomic E-state index is 12.8. The average molecular weight is 434 g/mol. The lowest BCUT2D eigenvalue weighted by atomic mass is 9.89. The minimum absolute atomic E-state index is 0.375. The molecule has 0 amide bonds. The first-order valence-corrected chi connectivity index (χ1v) is 9.30. The minimum Gasteiger partial charge on any atom is -0.478 e. The lowest BCUT2D eigenvalue weighted by Crippen LogP contribution is -2.29. The van der Waals surface area contributed by atoms with E-state index >= 15 is 0 Å². The third kappa shape index (κ3) is 13.7. The molecule has 0 atom stereocenters. The Morgan fingerprint density at radius 1 is 1.17 bits per heavy atom. The second kappa shape index (κ2) is 15.4. The highest BCUT2D eigenvalue weighted by molar-refractivity contribution is 5.89. The van der Waals surface area contributed by atoms with Crippen LogP contribution in [0, 0.1) is 5.92 Å². The standard InChI is InChI=1S/C13H16F3N.C4H4O4.C3H9NO/c14-13(15,16)12-4-2-1-3-11(12)9-10-5-7-17-8-6-10;5-3(6)1-2-4(7)8;1-5-3-2-4/h1-4,10,17H,5-9H2;1-2H,(H,5,6)(H,7,8);2-4H2,1H3. The SMILES string of the molecule is COCCN.FC(F)(F)c1ccccc1CC1CCNCC1.O=C(O)C=CC(=O)O. The van der Waals surface area contributed by atoms with Crippen LogP contribution in [0.1, 0.15) is 24.0 Å². The Balaban J connectivity index is 0.000000540. The zero-order valence-electron chi connectivity index (χ0n) is 16.8. The van der Waals surface area contributed by atoms with E-state index in [0.717, 1.165) is 25.9 Å². The number of nitrogens with two attached hydrogens (primary N) is 1. The Kier molecular flexibility index (Phi) is 14.2. The van der Waals surface area contributed by atoms with Crippen LogP contribution in [0.4, 0.5) is 13.2 Å². The van der Waals surface area contributed by atoms with Crippen molar-refractivity contribution in [2.45, 2.75) is 25.4 Å². The summed E-state index contributed by atoms with van der Waals surface area (Å²) in [7, 11) is 1.63. The summed E-state index contributed by atoms with van der Waals surface area (Å²) >= 11 is 0. The van der Waals surface area contributed by atoms with Crippen LogP contribution >= 0.6 is 0 Å². The normalized spacial score (nSPS) is 14.3. The van der Waals surface area contributed by atoms with Crippen molar-refractivity contribution in [3.63, 3.8) is 0 Å². The van der Waals surface area contributed by atoms with Crippen molar-refractivity contribution in [2.75, 3.05) is 33.4 Å². The van der Waals surface area contributed by atoms with E-state index in [4.69, 9.17) is 15.9 Å². The summed E-state index contributed by atoms with van der Waals surface area (Å²) in [5.41, 5.74) is 4.98. The van der Waals surface area contributed by atoms with Crippen molar-refractivity contribution >= 4 is 11.9 Å². The molecule has 2 rings (SSSR count). The topological polar surface area (TPSA) is 122 Å². The van der Waals surface area contributed by atoms with Crippen LogP contribution in [-0.2, 0) is 26.9 Å². The number of carboxylic acids is 2. The smallest absolute Gasteiger partial charge is 0.416 e. The van der Waals surface area contributed by atoms with Crippen LogP contribution in [0.5, 0.6) is 0 Å². The summed E-state index contributed by atoms with van der Waals surface area (Å²) in [5, 5.41) is 18.8. The maximum Gasteiger partial charge on any atom is 0.416 e. The average Bonchev–Trinajstić information content (AvgIpc) is 2.68. The fourth-order valence-corrected chi connectivity index (χ4v) is 2.63. The number of nitrogens with one attached hydrogen (secondary N) is 1. The molecule has 1 saturated heterocycles. The molecule has 170 valence electrons. The highest BCUT2D eigenvalue weighted by atomic mass is 19.4. The fourth-order valence-electron chi connectivity index (χ4n) is 2.63. The first-order valence-electron chi connectivity index (χ1n) is 9.30. The van der Waals surface area contributed by atoms with E-state index in [2.05, 4.69) is 10.1 Å². The molecule has 1 aromatic rings. The number of hydrogen-bond donors (Lipinski definition) is 4. The van der Waals surface area contributed by atoms with Gasteiger partial charge in [0.15, 0.2) is 0 Å². The first-order chi connectivity index (χ1) is 14.1. The molecule has 7 nitrogen and oxygen atoms in total. The number of halogens is 3. The minimum atomic E-state index is -4.23. The number of rotatable bonds is 6. The Morgan fingerprint density at radius 3 is 2.10 bits per heavy atom. The van der Waals surface area contributed by atoms with Crippen LogP contribution < -0.4 is 11.1 Å². The number of methoxy groups -OCH3 is 1. The summed E-state index contributed by atoms with van der Waals surface area (Å²) < 4.78 is 42.9. The molecule has 30 heavy (non-hydrogen) atoms. The van der Waals surface area contributed by atoms with Crippen LogP contribution in [0.15, 0.2) is 36.4 Å². The van der Waals surface area contributed by atoms with E-state index in [-0.39, 0.29) is 0 Å². The zero-order chi connectivity index (χ0) is 23.0. The predicted octanol–water partition coefficient (Wildman–Crippen LogP) is 2.55. The summed E-state index contributed by atoms with van der Waals surface area (Å²) in [4.78, 5) is 19.1. The van der Waals surface area contributed by atoms with Crippen molar-refractivity contribution in [2.24, 2.45) is 11.7 Å². The van der Waals surface area contributed by atoms with Gasteiger partial charge >= 0.3 is 18.1 Å². The Bertz CT molecular complexity index is 642. The van der Waals surface area contributed by atoms with E-state index in [0.29, 0.717) is 43.2 Å². The van der Waals surface area contributed by atoms with Crippen molar-refractivity contribution in [3.8, 4) is 0 Å². The number of hydrogen-bond acceptors (Lipinski definition) is 5. The molecule has 5 N–H and O–H groups in total. The first kappa shape index (κ1) is 27.6. The lowest BCUT2D eigenvalue weighted by Gasteiger charge is -2.24. The third-order valence-electron chi connectivity index (χ3n) is 3.98. The molecule has 0 unspecified atom stereocenters. The molecule has 1 aliphatic heterocycles. The summed E-state index contributed by atoms with van der Waals surface area (Å²) in [6, 6.07) is 5.92. The number of alkyl halides is 3. The van der Waals surface area contributed by atoms with Crippen LogP contribution in [-0.4, -0.2) is 55.5 Å². The summed E-state index contributed by atoms with van der Waals surface area (Å²) in [5.74, 6) is -2.14.